The van der Waals surface area contributed by atoms with Crippen molar-refractivity contribution in [2.75, 3.05) is 19.6 Å². The smallest absolute Gasteiger partial charge is 0.294 e. The van der Waals surface area contributed by atoms with Gasteiger partial charge in [-0.1, -0.05) is 25.2 Å². The lowest BCUT2D eigenvalue weighted by Crippen LogP contribution is -2.35. The van der Waals surface area contributed by atoms with Crippen molar-refractivity contribution < 1.29 is 13.2 Å². The van der Waals surface area contributed by atoms with E-state index in [0.717, 1.165) is 12.8 Å². The standard InChI is InChI=1S/C14H18F3N/c1-10-2-4-11(5-3-10)13-6-12(13)7-18(8-13)9-14(15,16)17/h2,4-5,10,12H,3,6-9H2,1H3. The van der Waals surface area contributed by atoms with Gasteiger partial charge in [-0.15, -0.1) is 0 Å². The molecule has 18 heavy (non-hydrogen) atoms. The summed E-state index contributed by atoms with van der Waals surface area (Å²) in [5, 5.41) is 0. The van der Waals surface area contributed by atoms with Crippen molar-refractivity contribution >= 4 is 0 Å². The number of fused-ring (bicyclic) bond motifs is 1. The van der Waals surface area contributed by atoms with Crippen LogP contribution in [0.15, 0.2) is 23.8 Å². The molecule has 1 saturated carbocycles. The van der Waals surface area contributed by atoms with Gasteiger partial charge in [0.15, 0.2) is 0 Å². The van der Waals surface area contributed by atoms with Crippen LogP contribution in [-0.4, -0.2) is 30.7 Å². The molecule has 1 nitrogen and oxygen atoms in total. The highest BCUT2D eigenvalue weighted by Gasteiger charge is 2.61. The van der Waals surface area contributed by atoms with Gasteiger partial charge in [0.1, 0.15) is 0 Å². The molecule has 0 aromatic heterocycles. The molecule has 1 heterocycles. The highest BCUT2D eigenvalue weighted by Crippen LogP contribution is 2.63. The van der Waals surface area contributed by atoms with Crippen molar-refractivity contribution in [3.8, 4) is 0 Å². The van der Waals surface area contributed by atoms with E-state index in [9.17, 15) is 13.2 Å². The Kier molecular flexibility index (Phi) is 2.63. The number of alkyl halides is 3. The minimum absolute atomic E-state index is 0.0574. The Bertz CT molecular complexity index is 410. The number of hydrogen-bond donors (Lipinski definition) is 0. The van der Waals surface area contributed by atoms with Crippen molar-refractivity contribution in [1.82, 2.24) is 4.90 Å². The summed E-state index contributed by atoms with van der Waals surface area (Å²) in [6.45, 7) is 2.61. The highest BCUT2D eigenvalue weighted by molar-refractivity contribution is 5.39. The normalized spacial score (nSPS) is 39.7. The Morgan fingerprint density at radius 3 is 2.83 bits per heavy atom. The van der Waals surface area contributed by atoms with Crippen molar-refractivity contribution in [3.05, 3.63) is 23.8 Å². The monoisotopic (exact) mass is 257 g/mol. The van der Waals surface area contributed by atoms with Crippen LogP contribution in [0.25, 0.3) is 0 Å². The third kappa shape index (κ3) is 2.11. The molecule has 0 aromatic rings. The van der Waals surface area contributed by atoms with E-state index in [1.54, 1.807) is 4.90 Å². The number of hydrogen-bond acceptors (Lipinski definition) is 1. The molecule has 0 aromatic carbocycles. The number of halogens is 3. The first-order chi connectivity index (χ1) is 8.39. The zero-order valence-corrected chi connectivity index (χ0v) is 10.5. The molecule has 3 unspecified atom stereocenters. The maximum absolute atomic E-state index is 12.4. The topological polar surface area (TPSA) is 3.24 Å². The molecule has 0 radical (unpaired) electrons. The molecule has 2 aliphatic carbocycles. The first kappa shape index (κ1) is 12.3. The van der Waals surface area contributed by atoms with Crippen LogP contribution in [0.3, 0.4) is 0 Å². The SMILES string of the molecule is CC1C=CC(C23CC2CN(CC(F)(F)F)C3)=CC1. The minimum Gasteiger partial charge on any atom is -0.294 e. The number of piperidine rings is 1. The summed E-state index contributed by atoms with van der Waals surface area (Å²) in [4.78, 5) is 1.57. The molecule has 3 atom stereocenters. The average Bonchev–Trinajstić information content (AvgIpc) is 2.81. The quantitative estimate of drug-likeness (QED) is 0.733. The predicted molar refractivity (Wildman–Crippen MR) is 64.0 cm³/mol. The van der Waals surface area contributed by atoms with Gasteiger partial charge in [0.05, 0.1) is 6.54 Å². The first-order valence-electron chi connectivity index (χ1n) is 6.57. The van der Waals surface area contributed by atoms with Gasteiger partial charge in [-0.3, -0.25) is 4.90 Å². The Labute approximate surface area is 105 Å². The largest absolute Gasteiger partial charge is 0.401 e. The second-order valence-corrected chi connectivity index (χ2v) is 6.07. The van der Waals surface area contributed by atoms with Crippen LogP contribution in [0.4, 0.5) is 13.2 Å². The maximum Gasteiger partial charge on any atom is 0.401 e. The van der Waals surface area contributed by atoms with Crippen molar-refractivity contribution in [1.29, 1.82) is 0 Å². The van der Waals surface area contributed by atoms with Crippen LogP contribution in [0.5, 0.6) is 0 Å². The fourth-order valence-electron chi connectivity index (χ4n) is 3.50. The van der Waals surface area contributed by atoms with Crippen LogP contribution in [0, 0.1) is 17.3 Å². The molecule has 100 valence electrons. The summed E-state index contributed by atoms with van der Waals surface area (Å²) in [5.74, 6) is 1.01. The summed E-state index contributed by atoms with van der Waals surface area (Å²) in [6, 6.07) is 0. The van der Waals surface area contributed by atoms with Gasteiger partial charge in [0.2, 0.25) is 0 Å². The zero-order valence-electron chi connectivity index (χ0n) is 10.5. The molecule has 0 N–H and O–H groups in total. The molecule has 3 aliphatic rings. The van der Waals surface area contributed by atoms with E-state index >= 15 is 0 Å². The van der Waals surface area contributed by atoms with E-state index in [1.807, 2.05) is 0 Å². The second-order valence-electron chi connectivity index (χ2n) is 6.07. The summed E-state index contributed by atoms with van der Waals surface area (Å²) in [6.07, 6.45) is 4.60. The molecule has 4 heteroatoms. The van der Waals surface area contributed by atoms with Gasteiger partial charge in [-0.2, -0.15) is 13.2 Å². The Balaban J connectivity index is 1.67. The molecule has 1 saturated heterocycles. The Morgan fingerprint density at radius 1 is 1.44 bits per heavy atom. The number of allylic oxidation sites excluding steroid dienone is 3. The van der Waals surface area contributed by atoms with Gasteiger partial charge in [-0.05, 0) is 30.3 Å². The van der Waals surface area contributed by atoms with Crippen LogP contribution in [0.1, 0.15) is 19.8 Å². The van der Waals surface area contributed by atoms with E-state index in [2.05, 4.69) is 25.2 Å². The summed E-state index contributed by atoms with van der Waals surface area (Å²) in [5.41, 5.74) is 1.34. The lowest BCUT2D eigenvalue weighted by molar-refractivity contribution is -0.144. The molecule has 0 spiro atoms. The Hall–Kier alpha value is -0.770. The van der Waals surface area contributed by atoms with Gasteiger partial charge in [0.25, 0.3) is 0 Å². The number of nitrogens with zero attached hydrogens (tertiary/aromatic N) is 1. The summed E-state index contributed by atoms with van der Waals surface area (Å²) < 4.78 is 37.2. The Morgan fingerprint density at radius 2 is 2.22 bits per heavy atom. The van der Waals surface area contributed by atoms with E-state index in [1.165, 1.54) is 5.57 Å². The fraction of sp³-hybridized carbons (Fsp3) is 0.714. The predicted octanol–water partition coefficient (Wildman–Crippen LogP) is 3.39. The van der Waals surface area contributed by atoms with Crippen LogP contribution in [0.2, 0.25) is 0 Å². The first-order valence-corrected chi connectivity index (χ1v) is 6.57. The molecule has 1 aliphatic heterocycles. The third-order valence-electron chi connectivity index (χ3n) is 4.51. The van der Waals surface area contributed by atoms with Gasteiger partial charge in [-0.25, -0.2) is 0 Å². The van der Waals surface area contributed by atoms with Crippen molar-refractivity contribution in [2.45, 2.75) is 25.9 Å². The zero-order chi connectivity index (χ0) is 13.0. The molecule has 3 rings (SSSR count). The van der Waals surface area contributed by atoms with Crippen LogP contribution < -0.4 is 0 Å². The minimum atomic E-state index is -4.07. The number of likely N-dealkylation sites (tertiary alicyclic amines) is 1. The van der Waals surface area contributed by atoms with Crippen molar-refractivity contribution in [3.63, 3.8) is 0 Å². The van der Waals surface area contributed by atoms with Crippen LogP contribution in [-0.2, 0) is 0 Å². The lowest BCUT2D eigenvalue weighted by atomic mass is 9.87. The van der Waals surface area contributed by atoms with E-state index in [-0.39, 0.29) is 5.41 Å². The number of rotatable bonds is 2. The van der Waals surface area contributed by atoms with Gasteiger partial charge in [0, 0.05) is 18.5 Å². The third-order valence-corrected chi connectivity index (χ3v) is 4.51. The molecular formula is C14H18F3N. The van der Waals surface area contributed by atoms with E-state index in [0.29, 0.717) is 24.9 Å². The van der Waals surface area contributed by atoms with Gasteiger partial charge >= 0.3 is 6.18 Å². The summed E-state index contributed by atoms with van der Waals surface area (Å²) in [7, 11) is 0. The molecule has 2 fully saturated rings. The average molecular weight is 257 g/mol. The van der Waals surface area contributed by atoms with E-state index < -0.39 is 12.7 Å². The molecule has 0 amide bonds. The van der Waals surface area contributed by atoms with Crippen molar-refractivity contribution in [2.24, 2.45) is 17.3 Å². The highest BCUT2D eigenvalue weighted by atomic mass is 19.4. The maximum atomic E-state index is 12.4. The summed E-state index contributed by atoms with van der Waals surface area (Å²) >= 11 is 0. The second kappa shape index (κ2) is 3.86. The molecule has 0 bridgehead atoms. The lowest BCUT2D eigenvalue weighted by Gasteiger charge is -2.24. The fourth-order valence-corrected chi connectivity index (χ4v) is 3.50. The molecular weight excluding hydrogens is 239 g/mol. The van der Waals surface area contributed by atoms with Gasteiger partial charge < -0.3 is 0 Å². The van der Waals surface area contributed by atoms with Crippen LogP contribution >= 0.6 is 0 Å². The van der Waals surface area contributed by atoms with E-state index in [4.69, 9.17) is 0 Å².